The molecule has 2 heterocycles. The summed E-state index contributed by atoms with van der Waals surface area (Å²) in [6, 6.07) is 1.18. The number of aliphatic hydroxyl groups is 2. The van der Waals surface area contributed by atoms with Crippen LogP contribution in [0.4, 0.5) is 0 Å². The largest absolute Gasteiger partial charge is 0.391 e. The van der Waals surface area contributed by atoms with E-state index in [-0.39, 0.29) is 5.69 Å². The van der Waals surface area contributed by atoms with Crippen LogP contribution in [0, 0.1) is 19.3 Å². The van der Waals surface area contributed by atoms with Crippen LogP contribution in [0.3, 0.4) is 0 Å². The van der Waals surface area contributed by atoms with Gasteiger partial charge in [0.1, 0.15) is 12.2 Å². The zero-order valence-corrected chi connectivity index (χ0v) is 11.6. The summed E-state index contributed by atoms with van der Waals surface area (Å²) in [5, 5.41) is 19.9. The number of terminal acetylenes is 1. The van der Waals surface area contributed by atoms with E-state index in [1.807, 2.05) is 0 Å². The summed E-state index contributed by atoms with van der Waals surface area (Å²) in [5.74, 6) is 2.23. The first-order valence-corrected chi connectivity index (χ1v) is 6.33. The first-order chi connectivity index (χ1) is 9.72. The number of nitrogens with zero attached hydrogens (tertiary/aromatic N) is 1. The topological polar surface area (TPSA) is 131 Å². The molecule has 5 atom stereocenters. The number of hydrogen-bond donors (Lipinski definition) is 4. The van der Waals surface area contributed by atoms with Crippen molar-refractivity contribution in [3.8, 4) is 12.3 Å². The SMILES string of the molecule is C#C[C@@]1(N)C(O)[C@@H]([C@@H](C)O)O[C@H]1n1c(C)cc(=O)[nH]c1=O. The molecule has 0 radical (unpaired) electrons. The summed E-state index contributed by atoms with van der Waals surface area (Å²) in [6.07, 6.45) is 0.729. The highest BCUT2D eigenvalue weighted by Crippen LogP contribution is 2.37. The molecule has 1 aliphatic rings. The van der Waals surface area contributed by atoms with Crippen molar-refractivity contribution in [2.24, 2.45) is 5.73 Å². The lowest BCUT2D eigenvalue weighted by molar-refractivity contribution is -0.0784. The molecular weight excluding hydrogens is 278 g/mol. The number of nitrogens with one attached hydrogen (secondary N) is 1. The van der Waals surface area contributed by atoms with Gasteiger partial charge in [0.15, 0.2) is 11.8 Å². The highest BCUT2D eigenvalue weighted by Gasteiger charge is 2.55. The summed E-state index contributed by atoms with van der Waals surface area (Å²) < 4.78 is 6.57. The fourth-order valence-corrected chi connectivity index (χ4v) is 2.47. The van der Waals surface area contributed by atoms with Gasteiger partial charge in [-0.15, -0.1) is 6.42 Å². The molecule has 2 rings (SSSR count). The summed E-state index contributed by atoms with van der Waals surface area (Å²) >= 11 is 0. The molecule has 0 aromatic carbocycles. The maximum absolute atomic E-state index is 12.0. The van der Waals surface area contributed by atoms with Crippen LogP contribution in [0.15, 0.2) is 15.7 Å². The van der Waals surface area contributed by atoms with Gasteiger partial charge in [-0.05, 0) is 13.8 Å². The molecule has 114 valence electrons. The first-order valence-electron chi connectivity index (χ1n) is 6.33. The van der Waals surface area contributed by atoms with Crippen LogP contribution in [-0.4, -0.2) is 43.6 Å². The summed E-state index contributed by atoms with van der Waals surface area (Å²) in [5.41, 5.74) is 3.25. The Labute approximate surface area is 120 Å². The molecular formula is C13H17N3O5. The van der Waals surface area contributed by atoms with Gasteiger partial charge >= 0.3 is 5.69 Å². The maximum Gasteiger partial charge on any atom is 0.330 e. The van der Waals surface area contributed by atoms with E-state index in [9.17, 15) is 19.8 Å². The monoisotopic (exact) mass is 295 g/mol. The van der Waals surface area contributed by atoms with Crippen molar-refractivity contribution in [3.63, 3.8) is 0 Å². The number of ether oxygens (including phenoxy) is 1. The number of aliphatic hydroxyl groups excluding tert-OH is 2. The van der Waals surface area contributed by atoms with Crippen molar-refractivity contribution in [1.29, 1.82) is 0 Å². The number of aromatic amines is 1. The molecule has 1 aromatic rings. The van der Waals surface area contributed by atoms with Crippen LogP contribution in [0.1, 0.15) is 18.8 Å². The average Bonchev–Trinajstić information content (AvgIpc) is 2.63. The summed E-state index contributed by atoms with van der Waals surface area (Å²) in [4.78, 5) is 25.4. The van der Waals surface area contributed by atoms with Crippen LogP contribution in [0.2, 0.25) is 0 Å². The third kappa shape index (κ3) is 2.30. The van der Waals surface area contributed by atoms with Gasteiger partial charge in [-0.2, -0.15) is 0 Å². The predicted octanol–water partition coefficient (Wildman–Crippen LogP) is -2.19. The van der Waals surface area contributed by atoms with Gasteiger partial charge in [0.05, 0.1) is 6.10 Å². The van der Waals surface area contributed by atoms with Gasteiger partial charge in [-0.25, -0.2) is 4.79 Å². The van der Waals surface area contributed by atoms with E-state index in [0.717, 1.165) is 4.57 Å². The fourth-order valence-electron chi connectivity index (χ4n) is 2.47. The van der Waals surface area contributed by atoms with Crippen LogP contribution in [-0.2, 0) is 4.74 Å². The number of aryl methyl sites for hydroxylation is 1. The quantitative estimate of drug-likeness (QED) is 0.459. The fraction of sp³-hybridized carbons (Fsp3) is 0.538. The smallest absolute Gasteiger partial charge is 0.330 e. The Bertz CT molecular complexity index is 701. The minimum absolute atomic E-state index is 0.275. The maximum atomic E-state index is 12.0. The van der Waals surface area contributed by atoms with Crippen molar-refractivity contribution in [3.05, 3.63) is 32.6 Å². The Kier molecular flexibility index (Phi) is 3.78. The minimum atomic E-state index is -1.71. The predicted molar refractivity (Wildman–Crippen MR) is 73.4 cm³/mol. The Morgan fingerprint density at radius 3 is 2.71 bits per heavy atom. The zero-order valence-electron chi connectivity index (χ0n) is 11.6. The van der Waals surface area contributed by atoms with Crippen LogP contribution in [0.25, 0.3) is 0 Å². The molecule has 0 amide bonds. The lowest BCUT2D eigenvalue weighted by atomic mass is 9.90. The van der Waals surface area contributed by atoms with E-state index >= 15 is 0 Å². The van der Waals surface area contributed by atoms with Crippen molar-refractivity contribution >= 4 is 0 Å². The van der Waals surface area contributed by atoms with E-state index in [1.165, 1.54) is 19.9 Å². The number of rotatable bonds is 2. The second kappa shape index (κ2) is 5.13. The Morgan fingerprint density at radius 2 is 2.24 bits per heavy atom. The van der Waals surface area contributed by atoms with E-state index < -0.39 is 41.3 Å². The van der Waals surface area contributed by atoms with Gasteiger partial charge in [0.25, 0.3) is 5.56 Å². The van der Waals surface area contributed by atoms with Crippen molar-refractivity contribution in [2.45, 2.75) is 43.9 Å². The molecule has 1 saturated heterocycles. The molecule has 8 nitrogen and oxygen atoms in total. The molecule has 1 aliphatic heterocycles. The van der Waals surface area contributed by atoms with Crippen LogP contribution < -0.4 is 17.0 Å². The third-order valence-corrected chi connectivity index (χ3v) is 3.62. The Morgan fingerprint density at radius 1 is 1.62 bits per heavy atom. The van der Waals surface area contributed by atoms with Crippen molar-refractivity contribution < 1.29 is 14.9 Å². The third-order valence-electron chi connectivity index (χ3n) is 3.62. The van der Waals surface area contributed by atoms with E-state index in [1.54, 1.807) is 0 Å². The van der Waals surface area contributed by atoms with Gasteiger partial charge < -0.3 is 20.7 Å². The molecule has 1 fully saturated rings. The highest BCUT2D eigenvalue weighted by molar-refractivity contribution is 5.24. The van der Waals surface area contributed by atoms with Crippen LogP contribution in [0.5, 0.6) is 0 Å². The zero-order chi connectivity index (χ0) is 15.9. The molecule has 0 bridgehead atoms. The van der Waals surface area contributed by atoms with Gasteiger partial charge in [-0.1, -0.05) is 5.92 Å². The van der Waals surface area contributed by atoms with Gasteiger partial charge in [0.2, 0.25) is 0 Å². The van der Waals surface area contributed by atoms with Crippen LogP contribution >= 0.6 is 0 Å². The number of aromatic nitrogens is 2. The molecule has 0 saturated carbocycles. The summed E-state index contributed by atoms with van der Waals surface area (Å²) in [7, 11) is 0. The molecule has 8 heteroatoms. The van der Waals surface area contributed by atoms with Crippen molar-refractivity contribution in [2.75, 3.05) is 0 Å². The van der Waals surface area contributed by atoms with Gasteiger partial charge in [0, 0.05) is 11.8 Å². The van der Waals surface area contributed by atoms with Crippen molar-refractivity contribution in [1.82, 2.24) is 9.55 Å². The van der Waals surface area contributed by atoms with Gasteiger partial charge in [-0.3, -0.25) is 14.3 Å². The van der Waals surface area contributed by atoms with E-state index in [4.69, 9.17) is 16.9 Å². The molecule has 0 spiro atoms. The second-order valence-electron chi connectivity index (χ2n) is 5.17. The molecule has 5 N–H and O–H groups in total. The second-order valence-corrected chi connectivity index (χ2v) is 5.17. The minimum Gasteiger partial charge on any atom is -0.391 e. The average molecular weight is 295 g/mol. The molecule has 1 unspecified atom stereocenters. The van der Waals surface area contributed by atoms with E-state index in [2.05, 4.69) is 10.9 Å². The number of hydrogen-bond acceptors (Lipinski definition) is 6. The Hall–Kier alpha value is -1.92. The summed E-state index contributed by atoms with van der Waals surface area (Å²) in [6.45, 7) is 2.93. The lowest BCUT2D eigenvalue weighted by Gasteiger charge is -2.28. The normalized spacial score (nSPS) is 33.6. The molecule has 21 heavy (non-hydrogen) atoms. The Balaban J connectivity index is 2.61. The first kappa shape index (κ1) is 15.5. The number of H-pyrrole nitrogens is 1. The molecule has 0 aliphatic carbocycles. The lowest BCUT2D eigenvalue weighted by Crippen LogP contribution is -2.56. The standard InChI is InChI=1S/C13H17N3O5/c1-4-13(14)10(19)9(7(3)17)21-11(13)16-6(2)5-8(18)15-12(16)20/h1,5,7,9-11,17,19H,14H2,2-3H3,(H,15,18,20)/t7-,9-,10?,11-,13-/m1/s1. The number of nitrogens with two attached hydrogens (primary N) is 1. The van der Waals surface area contributed by atoms with E-state index in [0.29, 0.717) is 0 Å². The highest BCUT2D eigenvalue weighted by atomic mass is 16.5. The molecule has 1 aromatic heterocycles.